The van der Waals surface area contributed by atoms with Gasteiger partial charge in [0.2, 0.25) is 0 Å². The third-order valence-electron chi connectivity index (χ3n) is 3.70. The maximum Gasteiger partial charge on any atom is 0.166 e. The number of para-hydroxylation sites is 2. The number of pyridine rings is 1. The quantitative estimate of drug-likeness (QED) is 0.408. The van der Waals surface area contributed by atoms with Gasteiger partial charge in [-0.3, -0.25) is 4.79 Å². The normalized spacial score (nSPS) is 11.0. The highest BCUT2D eigenvalue weighted by Gasteiger charge is 2.12. The Hall–Kier alpha value is -2.94. The number of hydrogen-bond acceptors (Lipinski definition) is 2. The van der Waals surface area contributed by atoms with Gasteiger partial charge in [-0.1, -0.05) is 36.4 Å². The van der Waals surface area contributed by atoms with Crippen LogP contribution in [0.3, 0.4) is 0 Å². The van der Waals surface area contributed by atoms with Gasteiger partial charge in [-0.15, -0.1) is 0 Å². The molecule has 0 amide bonds. The van der Waals surface area contributed by atoms with Crippen LogP contribution in [0.1, 0.15) is 10.5 Å². The lowest BCUT2D eigenvalue weighted by Crippen LogP contribution is -2.01. The average Bonchev–Trinajstić information content (AvgIpc) is 3.00. The summed E-state index contributed by atoms with van der Waals surface area (Å²) in [6.07, 6.45) is 2.79. The zero-order chi connectivity index (χ0) is 14.2. The van der Waals surface area contributed by atoms with E-state index in [4.69, 9.17) is 4.98 Å². The SMILES string of the molecule is O=Cc1cccn1-c1c2ccccc2nc2ccccc12. The topological polar surface area (TPSA) is 34.9 Å². The number of aldehydes is 1. The van der Waals surface area contributed by atoms with Crippen LogP contribution in [-0.4, -0.2) is 15.8 Å². The van der Waals surface area contributed by atoms with Crippen LogP contribution in [-0.2, 0) is 0 Å². The van der Waals surface area contributed by atoms with E-state index in [-0.39, 0.29) is 0 Å². The molecule has 0 saturated carbocycles. The summed E-state index contributed by atoms with van der Waals surface area (Å²) in [5.74, 6) is 0. The molecular weight excluding hydrogens is 260 g/mol. The van der Waals surface area contributed by atoms with Gasteiger partial charge in [-0.2, -0.15) is 0 Å². The highest BCUT2D eigenvalue weighted by Crippen LogP contribution is 2.30. The van der Waals surface area contributed by atoms with Crippen LogP contribution in [0.15, 0.2) is 66.9 Å². The lowest BCUT2D eigenvalue weighted by atomic mass is 10.1. The summed E-state index contributed by atoms with van der Waals surface area (Å²) >= 11 is 0. The smallest absolute Gasteiger partial charge is 0.166 e. The minimum atomic E-state index is 0.636. The van der Waals surface area contributed by atoms with E-state index < -0.39 is 0 Å². The predicted octanol–water partition coefficient (Wildman–Crippen LogP) is 3.99. The van der Waals surface area contributed by atoms with Crippen LogP contribution in [0.2, 0.25) is 0 Å². The Morgan fingerprint density at radius 2 is 1.43 bits per heavy atom. The van der Waals surface area contributed by atoms with E-state index in [1.807, 2.05) is 71.4 Å². The van der Waals surface area contributed by atoms with Crippen molar-refractivity contribution in [2.75, 3.05) is 0 Å². The summed E-state index contributed by atoms with van der Waals surface area (Å²) in [5, 5.41) is 2.08. The van der Waals surface area contributed by atoms with Crippen LogP contribution < -0.4 is 0 Å². The van der Waals surface area contributed by atoms with Gasteiger partial charge in [0, 0.05) is 17.0 Å². The molecule has 21 heavy (non-hydrogen) atoms. The second kappa shape index (κ2) is 4.56. The fraction of sp³-hybridized carbons (Fsp3) is 0. The van der Waals surface area contributed by atoms with Crippen LogP contribution in [0, 0.1) is 0 Å². The van der Waals surface area contributed by atoms with E-state index in [2.05, 4.69) is 0 Å². The first-order chi connectivity index (χ1) is 10.4. The molecule has 3 heteroatoms. The number of fused-ring (bicyclic) bond motifs is 2. The van der Waals surface area contributed by atoms with Crippen molar-refractivity contribution < 1.29 is 4.79 Å². The van der Waals surface area contributed by atoms with E-state index >= 15 is 0 Å². The van der Waals surface area contributed by atoms with Gasteiger partial charge in [0.15, 0.2) is 6.29 Å². The molecule has 0 fully saturated rings. The number of benzene rings is 2. The average molecular weight is 272 g/mol. The second-order valence-electron chi connectivity index (χ2n) is 4.92. The van der Waals surface area contributed by atoms with E-state index in [0.717, 1.165) is 33.8 Å². The van der Waals surface area contributed by atoms with Crippen molar-refractivity contribution in [1.29, 1.82) is 0 Å². The first kappa shape index (κ1) is 11.9. The molecule has 0 radical (unpaired) electrons. The first-order valence-electron chi connectivity index (χ1n) is 6.79. The van der Waals surface area contributed by atoms with Gasteiger partial charge in [0.25, 0.3) is 0 Å². The second-order valence-corrected chi connectivity index (χ2v) is 4.92. The molecule has 0 saturated heterocycles. The molecule has 4 aromatic rings. The van der Waals surface area contributed by atoms with Crippen molar-refractivity contribution in [3.63, 3.8) is 0 Å². The number of rotatable bonds is 2. The maximum atomic E-state index is 11.3. The van der Waals surface area contributed by atoms with Gasteiger partial charge in [0.1, 0.15) is 0 Å². The van der Waals surface area contributed by atoms with Crippen LogP contribution in [0.4, 0.5) is 0 Å². The maximum absolute atomic E-state index is 11.3. The summed E-state index contributed by atoms with van der Waals surface area (Å²) in [4.78, 5) is 16.0. The molecule has 100 valence electrons. The summed E-state index contributed by atoms with van der Waals surface area (Å²) in [6, 6.07) is 19.7. The van der Waals surface area contributed by atoms with Gasteiger partial charge in [0.05, 0.1) is 22.4 Å². The Morgan fingerprint density at radius 1 is 0.810 bits per heavy atom. The summed E-state index contributed by atoms with van der Waals surface area (Å²) < 4.78 is 1.93. The summed E-state index contributed by atoms with van der Waals surface area (Å²) in [5.41, 5.74) is 3.49. The number of hydrogen-bond donors (Lipinski definition) is 0. The third-order valence-corrected chi connectivity index (χ3v) is 3.70. The zero-order valence-electron chi connectivity index (χ0n) is 11.2. The molecule has 4 rings (SSSR count). The van der Waals surface area contributed by atoms with Gasteiger partial charge < -0.3 is 4.57 Å². The van der Waals surface area contributed by atoms with Crippen LogP contribution in [0.25, 0.3) is 27.5 Å². The van der Waals surface area contributed by atoms with Gasteiger partial charge in [-0.25, -0.2) is 4.98 Å². The number of aromatic nitrogens is 2. The molecule has 0 unspecified atom stereocenters. The van der Waals surface area contributed by atoms with E-state index in [1.54, 1.807) is 0 Å². The molecule has 2 heterocycles. The minimum Gasteiger partial charge on any atom is -0.313 e. The van der Waals surface area contributed by atoms with Crippen molar-refractivity contribution in [2.45, 2.75) is 0 Å². The molecule has 2 aromatic carbocycles. The van der Waals surface area contributed by atoms with Crippen molar-refractivity contribution >= 4 is 28.1 Å². The van der Waals surface area contributed by atoms with Crippen LogP contribution in [0.5, 0.6) is 0 Å². The first-order valence-corrected chi connectivity index (χ1v) is 6.79. The number of carbonyl (C=O) groups excluding carboxylic acids is 1. The van der Waals surface area contributed by atoms with Crippen molar-refractivity contribution in [2.24, 2.45) is 0 Å². The van der Waals surface area contributed by atoms with Crippen LogP contribution >= 0.6 is 0 Å². The molecule has 0 aliphatic heterocycles. The Balaban J connectivity index is 2.24. The summed E-state index contributed by atoms with van der Waals surface area (Å²) in [6.45, 7) is 0. The molecule has 0 bridgehead atoms. The fourth-order valence-corrected chi connectivity index (χ4v) is 2.77. The van der Waals surface area contributed by atoms with Crippen molar-refractivity contribution in [1.82, 2.24) is 9.55 Å². The molecule has 0 atom stereocenters. The largest absolute Gasteiger partial charge is 0.313 e. The lowest BCUT2D eigenvalue weighted by molar-refractivity contribution is 0.111. The van der Waals surface area contributed by atoms with E-state index in [1.165, 1.54) is 0 Å². The molecule has 0 N–H and O–H groups in total. The van der Waals surface area contributed by atoms with Crippen molar-refractivity contribution in [3.8, 4) is 5.69 Å². The molecular formula is C18H12N2O. The Kier molecular flexibility index (Phi) is 2.57. The summed E-state index contributed by atoms with van der Waals surface area (Å²) in [7, 11) is 0. The van der Waals surface area contributed by atoms with E-state index in [0.29, 0.717) is 5.69 Å². The Bertz CT molecular complexity index is 915. The minimum absolute atomic E-state index is 0.636. The number of carbonyl (C=O) groups is 1. The lowest BCUT2D eigenvalue weighted by Gasteiger charge is -2.13. The molecule has 0 aliphatic rings. The predicted molar refractivity (Wildman–Crippen MR) is 84.0 cm³/mol. The highest BCUT2D eigenvalue weighted by molar-refractivity contribution is 6.03. The molecule has 3 nitrogen and oxygen atoms in total. The van der Waals surface area contributed by atoms with Gasteiger partial charge >= 0.3 is 0 Å². The Labute approximate surface area is 121 Å². The molecule has 0 aliphatic carbocycles. The monoisotopic (exact) mass is 272 g/mol. The Morgan fingerprint density at radius 3 is 2.05 bits per heavy atom. The standard InChI is InChI=1S/C18H12N2O/c21-12-13-6-5-11-20(13)18-14-7-1-3-9-16(14)19-17-10-4-2-8-15(17)18/h1-12H. The highest BCUT2D eigenvalue weighted by atomic mass is 16.1. The molecule has 0 spiro atoms. The zero-order valence-corrected chi connectivity index (χ0v) is 11.2. The van der Waals surface area contributed by atoms with Gasteiger partial charge in [-0.05, 0) is 24.3 Å². The van der Waals surface area contributed by atoms with Crippen molar-refractivity contribution in [3.05, 3.63) is 72.6 Å². The van der Waals surface area contributed by atoms with E-state index in [9.17, 15) is 4.79 Å². The third kappa shape index (κ3) is 1.75. The number of nitrogens with zero attached hydrogens (tertiary/aromatic N) is 2. The molecule has 2 aromatic heterocycles. The fourth-order valence-electron chi connectivity index (χ4n) is 2.77.